The fourth-order valence-corrected chi connectivity index (χ4v) is 4.00. The number of hydrogen-bond acceptors (Lipinski definition) is 5. The smallest absolute Gasteiger partial charge is 0.303 e. The Morgan fingerprint density at radius 3 is 2.30 bits per heavy atom. The molecule has 194 valence electrons. The third kappa shape index (κ3) is 8.84. The van der Waals surface area contributed by atoms with Crippen LogP contribution in [0.25, 0.3) is 0 Å². The van der Waals surface area contributed by atoms with Gasteiger partial charge in [-0.1, -0.05) is 54.1 Å². The highest BCUT2D eigenvalue weighted by molar-refractivity contribution is 6.30. The number of aliphatic carboxylic acids is 1. The van der Waals surface area contributed by atoms with Crippen molar-refractivity contribution in [3.63, 3.8) is 0 Å². The largest absolute Gasteiger partial charge is 0.494 e. The van der Waals surface area contributed by atoms with E-state index in [9.17, 15) is 14.4 Å². The van der Waals surface area contributed by atoms with E-state index in [1.165, 1.54) is 0 Å². The van der Waals surface area contributed by atoms with Gasteiger partial charge in [0.15, 0.2) is 5.66 Å². The van der Waals surface area contributed by atoms with Gasteiger partial charge in [-0.2, -0.15) is 0 Å². The Kier molecular flexibility index (Phi) is 9.92. The molecule has 0 aromatic heterocycles. The number of rotatable bonds is 14. The predicted octanol–water partition coefficient (Wildman–Crippen LogP) is 4.17. The first-order valence-corrected chi connectivity index (χ1v) is 12.3. The van der Waals surface area contributed by atoms with Crippen molar-refractivity contribution in [2.75, 3.05) is 11.9 Å². The summed E-state index contributed by atoms with van der Waals surface area (Å²) in [5.41, 5.74) is 6.56. The summed E-state index contributed by atoms with van der Waals surface area (Å²) in [7, 11) is 0. The Hall–Kier alpha value is -4.04. The second-order valence-electron chi connectivity index (χ2n) is 8.61. The Labute approximate surface area is 220 Å². The van der Waals surface area contributed by atoms with E-state index in [0.29, 0.717) is 34.9 Å². The molecule has 0 heterocycles. The monoisotopic (exact) mass is 523 g/mol. The summed E-state index contributed by atoms with van der Waals surface area (Å²) in [4.78, 5) is 36.5. The summed E-state index contributed by atoms with van der Waals surface area (Å²) >= 11 is 6.05. The maximum Gasteiger partial charge on any atom is 0.303 e. The van der Waals surface area contributed by atoms with Crippen LogP contribution in [0, 0.1) is 0 Å². The first kappa shape index (κ1) is 27.5. The van der Waals surface area contributed by atoms with Crippen molar-refractivity contribution in [2.45, 2.75) is 37.8 Å². The molecule has 0 aliphatic carbocycles. The van der Waals surface area contributed by atoms with Gasteiger partial charge in [0.1, 0.15) is 5.75 Å². The molecule has 3 rings (SSSR count). The maximum absolute atomic E-state index is 13.0. The van der Waals surface area contributed by atoms with Crippen molar-refractivity contribution < 1.29 is 24.2 Å². The normalized spacial score (nSPS) is 12.2. The zero-order valence-corrected chi connectivity index (χ0v) is 21.0. The average Bonchev–Trinajstić information content (AvgIpc) is 2.86. The first-order valence-electron chi connectivity index (χ1n) is 11.9. The van der Waals surface area contributed by atoms with Gasteiger partial charge in [-0.25, -0.2) is 0 Å². The minimum absolute atomic E-state index is 0.0196. The number of amides is 2. The molecule has 3 aromatic carbocycles. The summed E-state index contributed by atoms with van der Waals surface area (Å²) in [6, 6.07) is 23.3. The number of carboxylic acid groups (broad SMARTS) is 1. The van der Waals surface area contributed by atoms with Crippen LogP contribution in [-0.4, -0.2) is 35.2 Å². The molecule has 37 heavy (non-hydrogen) atoms. The van der Waals surface area contributed by atoms with Gasteiger partial charge in [0.05, 0.1) is 13.0 Å². The van der Waals surface area contributed by atoms with Crippen LogP contribution in [0.3, 0.4) is 0 Å². The highest BCUT2D eigenvalue weighted by Crippen LogP contribution is 2.23. The van der Waals surface area contributed by atoms with Gasteiger partial charge in [0, 0.05) is 23.6 Å². The second-order valence-corrected chi connectivity index (χ2v) is 9.04. The molecule has 3 aromatic rings. The van der Waals surface area contributed by atoms with Gasteiger partial charge >= 0.3 is 5.97 Å². The molecule has 0 aliphatic heterocycles. The summed E-state index contributed by atoms with van der Waals surface area (Å²) in [6.07, 6.45) is 1.13. The number of ether oxygens (including phenoxy) is 1. The van der Waals surface area contributed by atoms with Crippen molar-refractivity contribution >= 4 is 35.1 Å². The molecular weight excluding hydrogens is 494 g/mol. The van der Waals surface area contributed by atoms with Crippen LogP contribution in [0.5, 0.6) is 5.75 Å². The highest BCUT2D eigenvalue weighted by atomic mass is 35.5. The van der Waals surface area contributed by atoms with Gasteiger partial charge in [-0.3, -0.25) is 14.4 Å². The zero-order chi connectivity index (χ0) is 26.7. The number of carbonyl (C=O) groups excluding carboxylic acids is 2. The quantitative estimate of drug-likeness (QED) is 0.185. The van der Waals surface area contributed by atoms with Crippen molar-refractivity contribution in [3.8, 4) is 5.75 Å². The Balaban J connectivity index is 1.77. The van der Waals surface area contributed by atoms with E-state index in [4.69, 9.17) is 27.2 Å². The topological polar surface area (TPSA) is 131 Å². The van der Waals surface area contributed by atoms with Crippen molar-refractivity contribution in [2.24, 2.45) is 5.73 Å². The lowest BCUT2D eigenvalue weighted by Crippen LogP contribution is -2.63. The van der Waals surface area contributed by atoms with Crippen LogP contribution in [-0.2, 0) is 27.2 Å². The number of benzene rings is 3. The second kappa shape index (κ2) is 13.3. The molecule has 0 fully saturated rings. The molecule has 9 heteroatoms. The van der Waals surface area contributed by atoms with Gasteiger partial charge in [-0.15, -0.1) is 0 Å². The molecule has 1 unspecified atom stereocenters. The molecule has 0 saturated carbocycles. The summed E-state index contributed by atoms with van der Waals surface area (Å²) in [6.45, 7) is 0.265. The van der Waals surface area contributed by atoms with Crippen LogP contribution in [0.2, 0.25) is 5.02 Å². The Morgan fingerprint density at radius 2 is 1.65 bits per heavy atom. The van der Waals surface area contributed by atoms with Gasteiger partial charge in [0.25, 0.3) is 5.91 Å². The van der Waals surface area contributed by atoms with Gasteiger partial charge < -0.3 is 26.2 Å². The summed E-state index contributed by atoms with van der Waals surface area (Å²) < 4.78 is 5.57. The van der Waals surface area contributed by atoms with E-state index >= 15 is 0 Å². The van der Waals surface area contributed by atoms with Crippen LogP contribution in [0.1, 0.15) is 30.4 Å². The number of carbonyl (C=O) groups is 3. The summed E-state index contributed by atoms with van der Waals surface area (Å²) in [5.74, 6) is -1.44. The van der Waals surface area contributed by atoms with Crippen LogP contribution in [0.15, 0.2) is 78.9 Å². The number of nitrogens with one attached hydrogen (secondary N) is 2. The average molecular weight is 524 g/mol. The molecule has 8 nitrogen and oxygen atoms in total. The Morgan fingerprint density at radius 1 is 0.946 bits per heavy atom. The lowest BCUT2D eigenvalue weighted by Gasteiger charge is -2.34. The molecule has 0 spiro atoms. The van der Waals surface area contributed by atoms with Gasteiger partial charge in [-0.05, 0) is 60.4 Å². The molecule has 2 amide bonds. The number of anilines is 1. The number of halogens is 1. The number of hydrogen-bond donors (Lipinski definition) is 4. The maximum atomic E-state index is 13.0. The molecular formula is C28H30ClN3O5. The summed E-state index contributed by atoms with van der Waals surface area (Å²) in [5, 5.41) is 15.2. The molecule has 0 saturated heterocycles. The van der Waals surface area contributed by atoms with Crippen LogP contribution >= 0.6 is 11.6 Å². The number of aryl methyl sites for hydroxylation is 1. The van der Waals surface area contributed by atoms with E-state index < -0.39 is 17.5 Å². The van der Waals surface area contributed by atoms with E-state index in [1.54, 1.807) is 48.5 Å². The third-order valence-corrected chi connectivity index (χ3v) is 5.91. The van der Waals surface area contributed by atoms with Gasteiger partial charge in [0.2, 0.25) is 5.91 Å². The molecule has 0 radical (unpaired) electrons. The van der Waals surface area contributed by atoms with Crippen LogP contribution in [0.4, 0.5) is 5.69 Å². The van der Waals surface area contributed by atoms with E-state index in [0.717, 1.165) is 5.56 Å². The SMILES string of the molecule is NC(=O)C(CCc1ccccc1)(NC(=O)Cc1cccc(Cl)c1)Nc1ccc(OCCCC(=O)O)cc1. The van der Waals surface area contributed by atoms with E-state index in [-0.39, 0.29) is 31.8 Å². The van der Waals surface area contributed by atoms with Crippen molar-refractivity contribution in [1.82, 2.24) is 5.32 Å². The fourth-order valence-electron chi connectivity index (χ4n) is 3.79. The standard InChI is InChI=1S/C28H30ClN3O5/c29-22-9-4-8-21(18-22)19-25(33)32-28(27(30)36,16-15-20-6-2-1-3-7-20)31-23-11-13-24(14-12-23)37-17-5-10-26(34)35/h1-4,6-9,11-14,18,31H,5,10,15-17,19H2,(H2,30,36)(H,32,33)(H,34,35). The molecule has 1 atom stereocenters. The molecule has 0 aliphatic rings. The fraction of sp³-hybridized carbons (Fsp3) is 0.250. The minimum Gasteiger partial charge on any atom is -0.494 e. The lowest BCUT2D eigenvalue weighted by atomic mass is 9.97. The zero-order valence-electron chi connectivity index (χ0n) is 20.3. The van der Waals surface area contributed by atoms with Crippen molar-refractivity contribution in [3.05, 3.63) is 95.0 Å². The number of carboxylic acids is 1. The van der Waals surface area contributed by atoms with E-state index in [1.807, 2.05) is 30.3 Å². The third-order valence-electron chi connectivity index (χ3n) is 5.67. The predicted molar refractivity (Wildman–Crippen MR) is 142 cm³/mol. The number of primary amides is 1. The molecule has 0 bridgehead atoms. The minimum atomic E-state index is -1.56. The number of nitrogens with two attached hydrogens (primary N) is 1. The Bertz CT molecular complexity index is 1200. The highest BCUT2D eigenvalue weighted by Gasteiger charge is 2.38. The van der Waals surface area contributed by atoms with E-state index in [2.05, 4.69) is 10.6 Å². The van der Waals surface area contributed by atoms with Crippen molar-refractivity contribution in [1.29, 1.82) is 0 Å². The van der Waals surface area contributed by atoms with Crippen LogP contribution < -0.4 is 21.1 Å². The lowest BCUT2D eigenvalue weighted by molar-refractivity contribution is -0.137. The molecule has 5 N–H and O–H groups in total. The first-order chi connectivity index (χ1) is 17.8.